The number of carbonyl (C=O) groups is 2. The summed E-state index contributed by atoms with van der Waals surface area (Å²) in [4.78, 5) is 28.6. The fourth-order valence-corrected chi connectivity index (χ4v) is 4.50. The highest BCUT2D eigenvalue weighted by atomic mass is 35.5. The van der Waals surface area contributed by atoms with Crippen LogP contribution < -0.4 is 14.4 Å². The molecule has 0 N–H and O–H groups in total. The lowest BCUT2D eigenvalue weighted by Crippen LogP contribution is -2.35. The van der Waals surface area contributed by atoms with E-state index < -0.39 is 5.97 Å². The quantitative estimate of drug-likeness (QED) is 0.194. The van der Waals surface area contributed by atoms with E-state index >= 15 is 0 Å². The van der Waals surface area contributed by atoms with E-state index in [1.165, 1.54) is 24.0 Å². The molecule has 3 aromatic rings. The van der Waals surface area contributed by atoms with Gasteiger partial charge in [0.25, 0.3) is 5.91 Å². The fraction of sp³-hybridized carbons (Fsp3) is 0.207. The monoisotopic (exact) mass is 550 g/mol. The van der Waals surface area contributed by atoms with E-state index in [1.54, 1.807) is 30.3 Å². The van der Waals surface area contributed by atoms with Gasteiger partial charge in [0, 0.05) is 10.6 Å². The van der Waals surface area contributed by atoms with Crippen molar-refractivity contribution in [2.75, 3.05) is 25.7 Å². The lowest BCUT2D eigenvalue weighted by molar-refractivity contribution is -0.140. The van der Waals surface area contributed by atoms with Gasteiger partial charge in [-0.3, -0.25) is 14.5 Å². The number of hydrogen-bond acceptors (Lipinski definition) is 6. The molecule has 0 aliphatic carbocycles. The van der Waals surface area contributed by atoms with Gasteiger partial charge in [-0.15, -0.1) is 0 Å². The van der Waals surface area contributed by atoms with Gasteiger partial charge in [-0.05, 0) is 66.2 Å². The molecular formula is C29H27ClN2O5S. The molecule has 1 heterocycles. The van der Waals surface area contributed by atoms with Crippen LogP contribution in [0, 0.1) is 0 Å². The summed E-state index contributed by atoms with van der Waals surface area (Å²) in [6, 6.07) is 20.3. The molecule has 0 atom stereocenters. The van der Waals surface area contributed by atoms with E-state index in [4.69, 9.17) is 38.0 Å². The molecule has 0 saturated carbocycles. The number of carbonyl (C=O) groups excluding carboxylic acids is 2. The second kappa shape index (κ2) is 12.1. The van der Waals surface area contributed by atoms with Crippen molar-refractivity contribution in [2.45, 2.75) is 20.0 Å². The number of thiocarbonyl (C=S) groups is 1. The Morgan fingerprint density at radius 3 is 2.42 bits per heavy atom. The summed E-state index contributed by atoms with van der Waals surface area (Å²) >= 11 is 11.9. The third-order valence-electron chi connectivity index (χ3n) is 6.08. The molecule has 1 fully saturated rings. The van der Waals surface area contributed by atoms with Gasteiger partial charge in [-0.25, -0.2) is 0 Å². The largest absolute Gasteiger partial charge is 0.493 e. The van der Waals surface area contributed by atoms with E-state index in [-0.39, 0.29) is 29.9 Å². The second-order valence-electron chi connectivity index (χ2n) is 8.43. The molecule has 1 aliphatic rings. The molecule has 1 saturated heterocycles. The van der Waals surface area contributed by atoms with Crippen LogP contribution in [0.15, 0.2) is 72.4 Å². The van der Waals surface area contributed by atoms with Gasteiger partial charge >= 0.3 is 5.97 Å². The Kier molecular flexibility index (Phi) is 8.66. The van der Waals surface area contributed by atoms with Crippen LogP contribution in [0.2, 0.25) is 5.02 Å². The van der Waals surface area contributed by atoms with Crippen LogP contribution in [0.3, 0.4) is 0 Å². The van der Waals surface area contributed by atoms with Crippen LogP contribution in [-0.4, -0.2) is 42.7 Å². The lowest BCUT2D eigenvalue weighted by Gasteiger charge is -2.19. The highest BCUT2D eigenvalue weighted by molar-refractivity contribution is 7.80. The number of rotatable bonds is 9. The molecule has 0 spiro atoms. The summed E-state index contributed by atoms with van der Waals surface area (Å²) in [5.74, 6) is 0.133. The molecule has 196 valence electrons. The van der Waals surface area contributed by atoms with E-state index in [2.05, 4.69) is 6.92 Å². The number of hydrogen-bond donors (Lipinski definition) is 0. The predicted octanol–water partition coefficient (Wildman–Crippen LogP) is 5.64. The van der Waals surface area contributed by atoms with Crippen molar-refractivity contribution in [3.8, 4) is 11.5 Å². The molecule has 0 unspecified atom stereocenters. The first-order valence-corrected chi connectivity index (χ1v) is 12.7. The maximum absolute atomic E-state index is 13.6. The van der Waals surface area contributed by atoms with Crippen LogP contribution in [0.4, 0.5) is 5.69 Å². The van der Waals surface area contributed by atoms with E-state index in [9.17, 15) is 9.59 Å². The minimum absolute atomic E-state index is 0.197. The van der Waals surface area contributed by atoms with Crippen LogP contribution in [0.1, 0.15) is 23.6 Å². The highest BCUT2D eigenvalue weighted by Crippen LogP contribution is 2.33. The maximum atomic E-state index is 13.6. The minimum atomic E-state index is -0.518. The first kappa shape index (κ1) is 27.2. The topological polar surface area (TPSA) is 68.3 Å². The molecule has 0 radical (unpaired) electrons. The number of halogens is 1. The first-order chi connectivity index (χ1) is 18.4. The Bertz CT molecular complexity index is 1390. The van der Waals surface area contributed by atoms with Crippen molar-refractivity contribution in [3.63, 3.8) is 0 Å². The fourth-order valence-electron chi connectivity index (χ4n) is 3.96. The normalized spacial score (nSPS) is 14.3. The number of methoxy groups -OCH3 is 2. The Hall–Kier alpha value is -3.88. The van der Waals surface area contributed by atoms with Gasteiger partial charge < -0.3 is 19.1 Å². The van der Waals surface area contributed by atoms with Crippen molar-refractivity contribution in [2.24, 2.45) is 0 Å². The number of benzene rings is 3. The molecule has 1 aliphatic heterocycles. The van der Waals surface area contributed by atoms with Crippen molar-refractivity contribution in [1.29, 1.82) is 0 Å². The molecule has 7 nitrogen and oxygen atoms in total. The number of esters is 1. The molecule has 0 aromatic heterocycles. The highest BCUT2D eigenvalue weighted by Gasteiger charge is 2.40. The molecular weight excluding hydrogens is 524 g/mol. The Labute approximate surface area is 232 Å². The Morgan fingerprint density at radius 1 is 1.03 bits per heavy atom. The smallest absolute Gasteiger partial charge is 0.325 e. The number of aryl methyl sites for hydroxylation is 1. The van der Waals surface area contributed by atoms with Gasteiger partial charge in [0.15, 0.2) is 16.6 Å². The van der Waals surface area contributed by atoms with Crippen LogP contribution in [0.25, 0.3) is 6.08 Å². The van der Waals surface area contributed by atoms with E-state index in [0.717, 1.165) is 17.5 Å². The van der Waals surface area contributed by atoms with E-state index in [1.807, 2.05) is 42.5 Å². The maximum Gasteiger partial charge on any atom is 0.325 e. The number of amides is 1. The number of nitrogens with zero attached hydrogens (tertiary/aromatic N) is 2. The van der Waals surface area contributed by atoms with E-state index in [0.29, 0.717) is 27.8 Å². The third kappa shape index (κ3) is 5.82. The number of ether oxygens (including phenoxy) is 3. The van der Waals surface area contributed by atoms with Gasteiger partial charge in [0.2, 0.25) is 0 Å². The van der Waals surface area contributed by atoms with Gasteiger partial charge in [0.1, 0.15) is 18.8 Å². The van der Waals surface area contributed by atoms with Crippen molar-refractivity contribution >= 4 is 52.6 Å². The van der Waals surface area contributed by atoms with Crippen LogP contribution >= 0.6 is 23.8 Å². The predicted molar refractivity (Wildman–Crippen MR) is 151 cm³/mol. The standard InChI is InChI=1S/C29H27ClN2O5S/c1-4-19-9-12-22(13-10-19)32-28(34)24(31(29(32)38)17-27(33)36-3)15-20-11-14-25(26(16-20)35-2)37-18-21-7-5-6-8-23(21)30/h5-16H,4,17-18H2,1-3H3/b24-15-. The summed E-state index contributed by atoms with van der Waals surface area (Å²) in [7, 11) is 2.83. The summed E-state index contributed by atoms with van der Waals surface area (Å²) in [6.07, 6.45) is 2.54. The van der Waals surface area contributed by atoms with Crippen molar-refractivity contribution < 1.29 is 23.8 Å². The molecule has 9 heteroatoms. The average Bonchev–Trinajstić information content (AvgIpc) is 3.16. The summed E-state index contributed by atoms with van der Waals surface area (Å²) in [5.41, 5.74) is 3.51. The third-order valence-corrected chi connectivity index (χ3v) is 6.86. The SMILES string of the molecule is CCc1ccc(N2C(=O)/C(=C/c3ccc(OCc4ccccc4Cl)c(OC)c3)N(CC(=O)OC)C2=S)cc1. The zero-order chi connectivity index (χ0) is 27.2. The van der Waals surface area contributed by atoms with Crippen LogP contribution in [-0.2, 0) is 27.4 Å². The molecule has 4 rings (SSSR count). The van der Waals surface area contributed by atoms with Crippen molar-refractivity contribution in [3.05, 3.63) is 94.1 Å². The van der Waals surface area contributed by atoms with Crippen molar-refractivity contribution in [1.82, 2.24) is 4.90 Å². The Balaban J connectivity index is 1.65. The Morgan fingerprint density at radius 2 is 1.76 bits per heavy atom. The summed E-state index contributed by atoms with van der Waals surface area (Å²) < 4.78 is 16.3. The van der Waals surface area contributed by atoms with Crippen LogP contribution in [0.5, 0.6) is 11.5 Å². The summed E-state index contributed by atoms with van der Waals surface area (Å²) in [5, 5.41) is 0.811. The molecule has 0 bridgehead atoms. The minimum Gasteiger partial charge on any atom is -0.493 e. The zero-order valence-electron chi connectivity index (χ0n) is 21.3. The zero-order valence-corrected chi connectivity index (χ0v) is 22.8. The van der Waals surface area contributed by atoms with Gasteiger partial charge in [0.05, 0.1) is 19.9 Å². The lowest BCUT2D eigenvalue weighted by atomic mass is 10.1. The van der Waals surface area contributed by atoms with Gasteiger partial charge in [-0.2, -0.15) is 0 Å². The average molecular weight is 551 g/mol. The number of anilines is 1. The second-order valence-corrected chi connectivity index (χ2v) is 9.20. The summed E-state index contributed by atoms with van der Waals surface area (Å²) in [6.45, 7) is 2.12. The molecule has 38 heavy (non-hydrogen) atoms. The molecule has 3 aromatic carbocycles. The molecule has 1 amide bonds. The van der Waals surface area contributed by atoms with Gasteiger partial charge in [-0.1, -0.05) is 54.9 Å². The first-order valence-electron chi connectivity index (χ1n) is 11.9.